The fraction of sp³-hybridized carbons (Fsp3) is 0.118. The predicted octanol–water partition coefficient (Wildman–Crippen LogP) is 10.0. The summed E-state index contributed by atoms with van der Waals surface area (Å²) in [6, 6.07) is 25.3. The third kappa shape index (κ3) is 9.51. The van der Waals surface area contributed by atoms with Crippen molar-refractivity contribution in [1.82, 2.24) is 0 Å². The standard InChI is InChI=1S/C20H16F2O2.C7H8BO3.C6H2Br2F2.CH4/c1-23-17-9-5-3-7-13(17)19-15(21)11-12-16(22)20(19)14-8-4-6-10-18(14)24-2;1-10-6-4-2-3-5-7(6)11-8-9;7-5-3(9)1-2-4(10)6(5)8;/h3-12H,1-2H3;2-5,9H,1H3;1-2H;1H4. The van der Waals surface area contributed by atoms with Crippen LogP contribution in [0.5, 0.6) is 23.0 Å². The second kappa shape index (κ2) is 18.8. The minimum Gasteiger partial charge on any atom is -0.535 e. The largest absolute Gasteiger partial charge is 0.569 e. The summed E-state index contributed by atoms with van der Waals surface area (Å²) in [5.74, 6) is 0.0248. The highest BCUT2D eigenvalue weighted by Crippen LogP contribution is 2.43. The van der Waals surface area contributed by atoms with Gasteiger partial charge in [-0.05, 0) is 80.4 Å². The van der Waals surface area contributed by atoms with E-state index < -0.39 is 23.3 Å². The summed E-state index contributed by atoms with van der Waals surface area (Å²) in [5.41, 5.74) is 1.27. The molecule has 0 aliphatic rings. The topological polar surface area (TPSA) is 57.2 Å². The molecule has 1 radical (unpaired) electrons. The van der Waals surface area contributed by atoms with Crippen LogP contribution in [0, 0.1) is 23.3 Å². The van der Waals surface area contributed by atoms with Crippen LogP contribution >= 0.6 is 31.9 Å². The quantitative estimate of drug-likeness (QED) is 0.0774. The van der Waals surface area contributed by atoms with Crippen molar-refractivity contribution in [3.63, 3.8) is 0 Å². The first kappa shape index (κ1) is 38.2. The molecule has 0 saturated heterocycles. The van der Waals surface area contributed by atoms with Gasteiger partial charge in [0.1, 0.15) is 40.5 Å². The van der Waals surface area contributed by atoms with Gasteiger partial charge < -0.3 is 23.9 Å². The molecule has 0 spiro atoms. The van der Waals surface area contributed by atoms with Gasteiger partial charge in [-0.15, -0.1) is 0 Å². The Kier molecular flexibility index (Phi) is 15.6. The van der Waals surface area contributed by atoms with Crippen LogP contribution in [0.1, 0.15) is 7.43 Å². The summed E-state index contributed by atoms with van der Waals surface area (Å²) in [4.78, 5) is 0. The summed E-state index contributed by atoms with van der Waals surface area (Å²) in [7, 11) is 5.16. The van der Waals surface area contributed by atoms with Gasteiger partial charge in [0, 0.05) is 22.3 Å². The van der Waals surface area contributed by atoms with Crippen LogP contribution in [0.25, 0.3) is 22.3 Å². The molecule has 0 heterocycles. The normalized spacial score (nSPS) is 9.78. The molecule has 0 amide bonds. The van der Waals surface area contributed by atoms with E-state index in [4.69, 9.17) is 23.9 Å². The van der Waals surface area contributed by atoms with E-state index in [0.29, 0.717) is 41.8 Å². The van der Waals surface area contributed by atoms with Gasteiger partial charge in [0.15, 0.2) is 5.75 Å². The first-order valence-electron chi connectivity index (χ1n) is 13.0. The van der Waals surface area contributed by atoms with E-state index in [1.807, 2.05) is 6.07 Å². The summed E-state index contributed by atoms with van der Waals surface area (Å²) in [6.45, 7) is 0. The van der Waals surface area contributed by atoms with Crippen LogP contribution in [0.3, 0.4) is 0 Å². The van der Waals surface area contributed by atoms with Gasteiger partial charge in [-0.1, -0.05) is 56.0 Å². The van der Waals surface area contributed by atoms with Gasteiger partial charge in [0.2, 0.25) is 0 Å². The number of rotatable bonds is 7. The lowest BCUT2D eigenvalue weighted by molar-refractivity contribution is 0.381. The monoisotopic (exact) mass is 763 g/mol. The van der Waals surface area contributed by atoms with Gasteiger partial charge >= 0.3 is 7.69 Å². The third-order valence-electron chi connectivity index (χ3n) is 6.09. The Morgan fingerprint density at radius 3 is 1.20 bits per heavy atom. The lowest BCUT2D eigenvalue weighted by atomic mass is 9.92. The van der Waals surface area contributed by atoms with Crippen molar-refractivity contribution in [3.8, 4) is 45.3 Å². The maximum Gasteiger partial charge on any atom is 0.569 e. The molecule has 5 nitrogen and oxygen atoms in total. The van der Waals surface area contributed by atoms with Gasteiger partial charge in [0.05, 0.1) is 30.3 Å². The fourth-order valence-corrected chi connectivity index (χ4v) is 4.70. The third-order valence-corrected chi connectivity index (χ3v) is 8.18. The highest BCUT2D eigenvalue weighted by molar-refractivity contribution is 9.13. The maximum atomic E-state index is 14.7. The predicted molar refractivity (Wildman–Crippen MR) is 180 cm³/mol. The summed E-state index contributed by atoms with van der Waals surface area (Å²) in [6.07, 6.45) is 0. The minimum absolute atomic E-state index is 0. The van der Waals surface area contributed by atoms with Crippen molar-refractivity contribution in [3.05, 3.63) is 129 Å². The zero-order valence-electron chi connectivity index (χ0n) is 24.2. The average molecular weight is 765 g/mol. The summed E-state index contributed by atoms with van der Waals surface area (Å²) >= 11 is 5.74. The Morgan fingerprint density at radius 1 is 0.500 bits per heavy atom. The average Bonchev–Trinajstić information content (AvgIpc) is 3.07. The van der Waals surface area contributed by atoms with Crippen molar-refractivity contribution in [2.24, 2.45) is 0 Å². The van der Waals surface area contributed by atoms with Crippen molar-refractivity contribution in [1.29, 1.82) is 0 Å². The number of benzene rings is 5. The number of ether oxygens (including phenoxy) is 3. The van der Waals surface area contributed by atoms with Crippen molar-refractivity contribution >= 4 is 39.5 Å². The summed E-state index contributed by atoms with van der Waals surface area (Å²) < 4.78 is 75.0. The molecule has 12 heteroatoms. The van der Waals surface area contributed by atoms with Crippen LogP contribution in [-0.4, -0.2) is 34.0 Å². The second-order valence-corrected chi connectivity index (χ2v) is 10.3. The lowest BCUT2D eigenvalue weighted by Crippen LogP contribution is -2.01. The minimum atomic E-state index is -0.526. The fourth-order valence-electron chi connectivity index (χ4n) is 4.06. The smallest absolute Gasteiger partial charge is 0.535 e. The Hall–Kier alpha value is -4.00. The molecule has 241 valence electrons. The van der Waals surface area contributed by atoms with Crippen molar-refractivity contribution < 1.29 is 41.5 Å². The molecule has 5 aromatic rings. The second-order valence-electron chi connectivity index (χ2n) is 8.71. The molecule has 46 heavy (non-hydrogen) atoms. The molecule has 0 unspecified atom stereocenters. The lowest BCUT2D eigenvalue weighted by Gasteiger charge is -2.17. The molecule has 5 rings (SSSR count). The SMILES string of the molecule is C.COc1ccccc1-c1c(F)ccc(F)c1-c1ccccc1OC.COc1ccccc1O[B]O.Fc1ccc(F)c(Br)c1Br. The Labute approximate surface area is 283 Å². The van der Waals surface area contributed by atoms with Gasteiger partial charge in [0.25, 0.3) is 0 Å². The zero-order valence-corrected chi connectivity index (χ0v) is 27.3. The highest BCUT2D eigenvalue weighted by atomic mass is 79.9. The first-order chi connectivity index (χ1) is 21.7. The van der Waals surface area contributed by atoms with E-state index >= 15 is 0 Å². The van der Waals surface area contributed by atoms with Gasteiger partial charge in [-0.3, -0.25) is 0 Å². The van der Waals surface area contributed by atoms with Crippen molar-refractivity contribution in [2.75, 3.05) is 21.3 Å². The van der Waals surface area contributed by atoms with Crippen LogP contribution in [-0.2, 0) is 0 Å². The van der Waals surface area contributed by atoms with E-state index in [2.05, 4.69) is 31.9 Å². The van der Waals surface area contributed by atoms with E-state index in [-0.39, 0.29) is 27.5 Å². The maximum absolute atomic E-state index is 14.7. The number of halogens is 6. The van der Waals surface area contributed by atoms with Crippen LogP contribution in [0.15, 0.2) is 106 Å². The molecule has 0 atom stereocenters. The van der Waals surface area contributed by atoms with E-state index in [0.717, 1.165) is 24.3 Å². The van der Waals surface area contributed by atoms with Crippen LogP contribution in [0.4, 0.5) is 17.6 Å². The van der Waals surface area contributed by atoms with Crippen LogP contribution in [0.2, 0.25) is 0 Å². The summed E-state index contributed by atoms with van der Waals surface area (Å²) in [5, 5.41) is 8.34. The van der Waals surface area contributed by atoms with Crippen LogP contribution < -0.4 is 18.9 Å². The molecule has 0 saturated carbocycles. The molecular formula is C34H30BBr2F4O5. The van der Waals surface area contributed by atoms with Gasteiger partial charge in [-0.2, -0.15) is 0 Å². The zero-order chi connectivity index (χ0) is 32.9. The number of hydrogen-bond donors (Lipinski definition) is 1. The number of para-hydroxylation sites is 4. The number of hydrogen-bond acceptors (Lipinski definition) is 5. The van der Waals surface area contributed by atoms with E-state index in [9.17, 15) is 17.6 Å². The first-order valence-corrected chi connectivity index (χ1v) is 14.6. The molecular weight excluding hydrogens is 735 g/mol. The molecule has 1 N–H and O–H groups in total. The number of methoxy groups -OCH3 is 3. The van der Waals surface area contributed by atoms with E-state index in [1.165, 1.54) is 14.2 Å². The Bertz CT molecular complexity index is 1630. The Morgan fingerprint density at radius 2 is 0.826 bits per heavy atom. The molecule has 0 fully saturated rings. The Balaban J connectivity index is 0.000000278. The molecule has 0 aromatic heterocycles. The molecule has 0 aliphatic heterocycles. The molecule has 5 aromatic carbocycles. The highest BCUT2D eigenvalue weighted by Gasteiger charge is 2.22. The van der Waals surface area contributed by atoms with Gasteiger partial charge in [-0.25, -0.2) is 17.6 Å². The van der Waals surface area contributed by atoms with Crippen molar-refractivity contribution in [2.45, 2.75) is 7.43 Å². The molecule has 0 bridgehead atoms. The van der Waals surface area contributed by atoms with E-state index in [1.54, 1.807) is 73.8 Å². The molecule has 0 aliphatic carbocycles.